The van der Waals surface area contributed by atoms with Crippen LogP contribution in [0, 0.1) is 0 Å². The fourth-order valence-corrected chi connectivity index (χ4v) is 4.85. The lowest BCUT2D eigenvalue weighted by Crippen LogP contribution is -2.30. The highest BCUT2D eigenvalue weighted by Gasteiger charge is 2.43. The molecule has 1 saturated heterocycles. The van der Waals surface area contributed by atoms with E-state index in [4.69, 9.17) is 23.8 Å². The lowest BCUT2D eigenvalue weighted by Gasteiger charge is -2.29. The molecule has 0 amide bonds. The van der Waals surface area contributed by atoms with Crippen molar-refractivity contribution in [3.05, 3.63) is 106 Å². The molecule has 0 saturated carbocycles. The molecule has 0 unspecified atom stereocenters. The van der Waals surface area contributed by atoms with Crippen molar-refractivity contribution >= 4 is 50.5 Å². The predicted octanol–water partition coefficient (Wildman–Crippen LogP) is 6.17. The summed E-state index contributed by atoms with van der Waals surface area (Å²) < 4.78 is 3.13. The maximum Gasteiger partial charge on any atom is 0.174 e. The van der Waals surface area contributed by atoms with Crippen LogP contribution in [0.3, 0.4) is 0 Å². The van der Waals surface area contributed by atoms with E-state index in [1.54, 1.807) is 24.4 Å². The second-order valence-corrected chi connectivity index (χ2v) is 9.15. The highest BCUT2D eigenvalue weighted by atomic mass is 79.9. The number of thiocarbonyl (C=S) groups is 1. The number of halogens is 2. The van der Waals surface area contributed by atoms with Crippen molar-refractivity contribution in [3.8, 4) is 11.4 Å². The molecular formula is C24H18BrClN4OS. The number of rotatable bonds is 4. The molecule has 1 aliphatic heterocycles. The van der Waals surface area contributed by atoms with Gasteiger partial charge in [0, 0.05) is 33.3 Å². The van der Waals surface area contributed by atoms with E-state index in [1.165, 1.54) is 0 Å². The van der Waals surface area contributed by atoms with Gasteiger partial charge in [0.1, 0.15) is 11.8 Å². The molecule has 3 heterocycles. The summed E-state index contributed by atoms with van der Waals surface area (Å²) in [5.41, 5.74) is 3.41. The van der Waals surface area contributed by atoms with Crippen molar-refractivity contribution in [3.63, 3.8) is 0 Å². The summed E-state index contributed by atoms with van der Waals surface area (Å²) in [7, 11) is 0. The average molecular weight is 526 g/mol. The van der Waals surface area contributed by atoms with Crippen LogP contribution in [0.15, 0.2) is 89.7 Å². The number of nitrogens with one attached hydrogen (secondary N) is 1. The van der Waals surface area contributed by atoms with Crippen LogP contribution < -0.4 is 10.2 Å². The lowest BCUT2D eigenvalue weighted by molar-refractivity contribution is 0.472. The van der Waals surface area contributed by atoms with Gasteiger partial charge in [-0.25, -0.2) is 0 Å². The summed E-state index contributed by atoms with van der Waals surface area (Å²) in [6, 6.07) is 22.4. The topological polar surface area (TPSA) is 53.3 Å². The normalized spacial score (nSPS) is 18.1. The van der Waals surface area contributed by atoms with Crippen LogP contribution in [-0.4, -0.2) is 19.8 Å². The Labute approximate surface area is 204 Å². The van der Waals surface area contributed by atoms with Crippen molar-refractivity contribution < 1.29 is 5.11 Å². The molecule has 1 aliphatic rings. The van der Waals surface area contributed by atoms with E-state index in [0.29, 0.717) is 15.8 Å². The third kappa shape index (κ3) is 3.77. The molecule has 0 aliphatic carbocycles. The summed E-state index contributed by atoms with van der Waals surface area (Å²) in [6.45, 7) is 0. The molecule has 0 radical (unpaired) electrons. The Balaban J connectivity index is 1.69. The van der Waals surface area contributed by atoms with Crippen LogP contribution in [0.25, 0.3) is 5.69 Å². The second kappa shape index (κ2) is 8.58. The second-order valence-electron chi connectivity index (χ2n) is 7.41. The van der Waals surface area contributed by atoms with Gasteiger partial charge in [-0.05, 0) is 78.9 Å². The fraction of sp³-hybridized carbons (Fsp3) is 0.0833. The Kier molecular flexibility index (Phi) is 5.63. The van der Waals surface area contributed by atoms with Gasteiger partial charge in [-0.1, -0.05) is 33.6 Å². The molecule has 1 fully saturated rings. The van der Waals surface area contributed by atoms with E-state index in [-0.39, 0.29) is 17.8 Å². The zero-order valence-electron chi connectivity index (χ0n) is 16.7. The summed E-state index contributed by atoms with van der Waals surface area (Å²) in [5, 5.41) is 15.1. The molecule has 32 heavy (non-hydrogen) atoms. The Morgan fingerprint density at radius 2 is 1.84 bits per heavy atom. The van der Waals surface area contributed by atoms with E-state index < -0.39 is 0 Å². The molecule has 5 nitrogen and oxygen atoms in total. The van der Waals surface area contributed by atoms with Gasteiger partial charge in [-0.15, -0.1) is 0 Å². The minimum Gasteiger partial charge on any atom is -0.506 e. The molecule has 0 bridgehead atoms. The fourth-order valence-electron chi connectivity index (χ4n) is 4.08. The van der Waals surface area contributed by atoms with Gasteiger partial charge in [-0.3, -0.25) is 4.98 Å². The zero-order valence-corrected chi connectivity index (χ0v) is 19.8. The van der Waals surface area contributed by atoms with Crippen LogP contribution in [0.1, 0.15) is 23.5 Å². The van der Waals surface area contributed by atoms with Gasteiger partial charge in [0.05, 0.1) is 17.4 Å². The largest absolute Gasteiger partial charge is 0.506 e. The van der Waals surface area contributed by atoms with Crippen LogP contribution in [0.4, 0.5) is 5.69 Å². The smallest absolute Gasteiger partial charge is 0.174 e. The first-order valence-corrected chi connectivity index (χ1v) is 11.5. The number of nitrogens with zero attached hydrogens (tertiary/aromatic N) is 3. The van der Waals surface area contributed by atoms with E-state index in [1.807, 2.05) is 59.6 Å². The third-order valence-corrected chi connectivity index (χ3v) is 6.56. The molecule has 160 valence electrons. The maximum atomic E-state index is 10.7. The van der Waals surface area contributed by atoms with Crippen LogP contribution in [0.2, 0.25) is 5.02 Å². The molecule has 4 aromatic rings. The molecule has 2 atom stereocenters. The van der Waals surface area contributed by atoms with E-state index in [0.717, 1.165) is 21.5 Å². The third-order valence-electron chi connectivity index (χ3n) is 5.48. The van der Waals surface area contributed by atoms with E-state index in [9.17, 15) is 5.11 Å². The van der Waals surface area contributed by atoms with Gasteiger partial charge >= 0.3 is 0 Å². The summed E-state index contributed by atoms with van der Waals surface area (Å²) in [4.78, 5) is 6.50. The first-order valence-electron chi connectivity index (χ1n) is 9.95. The molecular weight excluding hydrogens is 508 g/mol. The number of phenolic OH excluding ortho intramolecular Hbond substituents is 1. The minimum absolute atomic E-state index is 0.104. The number of hydrogen-bond acceptors (Lipinski definition) is 3. The number of aromatic hydroxyl groups is 1. The first kappa shape index (κ1) is 21.0. The Hall–Kier alpha value is -2.87. The Morgan fingerprint density at radius 1 is 1.03 bits per heavy atom. The SMILES string of the molecule is Oc1ccc(Cl)cc1N1C(=S)N[C@@H](c2ccccn2)[C@H]1c1cccn1-c1ccc(Br)cc1. The van der Waals surface area contributed by atoms with Gasteiger partial charge in [0.15, 0.2) is 5.11 Å². The zero-order chi connectivity index (χ0) is 22.2. The number of anilines is 1. The summed E-state index contributed by atoms with van der Waals surface area (Å²) in [5.74, 6) is 0.104. The van der Waals surface area contributed by atoms with Crippen LogP contribution in [-0.2, 0) is 0 Å². The monoisotopic (exact) mass is 524 g/mol. The molecule has 0 spiro atoms. The Morgan fingerprint density at radius 3 is 2.59 bits per heavy atom. The predicted molar refractivity (Wildman–Crippen MR) is 135 cm³/mol. The summed E-state index contributed by atoms with van der Waals surface area (Å²) in [6.07, 6.45) is 3.79. The van der Waals surface area contributed by atoms with Gasteiger partial charge in [0.25, 0.3) is 0 Å². The number of phenols is 1. The summed E-state index contributed by atoms with van der Waals surface area (Å²) >= 11 is 15.5. The van der Waals surface area contributed by atoms with Crippen molar-refractivity contribution in [2.75, 3.05) is 4.90 Å². The molecule has 8 heteroatoms. The molecule has 2 N–H and O–H groups in total. The van der Waals surface area contributed by atoms with E-state index >= 15 is 0 Å². The number of hydrogen-bond donors (Lipinski definition) is 2. The number of benzene rings is 2. The van der Waals surface area contributed by atoms with Gasteiger partial charge in [-0.2, -0.15) is 0 Å². The van der Waals surface area contributed by atoms with Crippen molar-refractivity contribution in [2.45, 2.75) is 12.1 Å². The molecule has 2 aromatic heterocycles. The lowest BCUT2D eigenvalue weighted by atomic mass is 10.0. The number of aromatic nitrogens is 2. The maximum absolute atomic E-state index is 10.7. The quantitative estimate of drug-likeness (QED) is 0.312. The van der Waals surface area contributed by atoms with Crippen LogP contribution in [0.5, 0.6) is 5.75 Å². The Bertz CT molecular complexity index is 1280. The highest BCUT2D eigenvalue weighted by Crippen LogP contribution is 2.45. The molecule has 2 aromatic carbocycles. The van der Waals surface area contributed by atoms with E-state index in [2.05, 4.69) is 36.9 Å². The van der Waals surface area contributed by atoms with Crippen molar-refractivity contribution in [2.24, 2.45) is 0 Å². The van der Waals surface area contributed by atoms with Crippen molar-refractivity contribution in [1.82, 2.24) is 14.9 Å². The minimum atomic E-state index is -0.277. The van der Waals surface area contributed by atoms with Crippen LogP contribution >= 0.6 is 39.7 Å². The average Bonchev–Trinajstić information content (AvgIpc) is 3.41. The van der Waals surface area contributed by atoms with Gasteiger partial charge < -0.3 is 19.9 Å². The number of pyridine rings is 1. The van der Waals surface area contributed by atoms with Gasteiger partial charge in [0.2, 0.25) is 0 Å². The molecule has 5 rings (SSSR count). The van der Waals surface area contributed by atoms with Crippen molar-refractivity contribution in [1.29, 1.82) is 0 Å². The first-order chi connectivity index (χ1) is 15.5. The highest BCUT2D eigenvalue weighted by molar-refractivity contribution is 9.10. The standard InChI is InChI=1S/C24H18BrClN4OS/c25-15-6-9-17(10-7-15)29-13-3-5-19(29)23-22(18-4-1-2-12-27-18)28-24(32)30(23)20-14-16(26)8-11-21(20)31/h1-14,22-23,31H,(H,28,32)/t22-,23+/m0/s1.